The molecule has 2 rings (SSSR count). The number of sulfonamides is 1. The number of rotatable bonds is 8. The summed E-state index contributed by atoms with van der Waals surface area (Å²) in [7, 11) is -3.97. The molecule has 2 aromatic carbocycles. The molecule has 29 heavy (non-hydrogen) atoms. The van der Waals surface area contributed by atoms with Gasteiger partial charge in [0.1, 0.15) is 0 Å². The van der Waals surface area contributed by atoms with E-state index >= 15 is 0 Å². The number of hydrogen-bond acceptors (Lipinski definition) is 3. The molecule has 0 aliphatic carbocycles. The molecule has 0 saturated heterocycles. The lowest BCUT2D eigenvalue weighted by Crippen LogP contribution is -2.43. The molecule has 0 spiro atoms. The Balaban J connectivity index is 2.49. The predicted octanol–water partition coefficient (Wildman–Crippen LogP) is 5.29. The molecule has 0 unspecified atom stereocenters. The third kappa shape index (κ3) is 5.53. The smallest absolute Gasteiger partial charge is 0.264 e. The van der Waals surface area contributed by atoms with Gasteiger partial charge in [0, 0.05) is 10.6 Å². The summed E-state index contributed by atoms with van der Waals surface area (Å²) >= 11 is 12.1. The van der Waals surface area contributed by atoms with E-state index < -0.39 is 21.5 Å². The van der Waals surface area contributed by atoms with E-state index in [0.717, 1.165) is 0 Å². The molecule has 0 aliphatic rings. The van der Waals surface area contributed by atoms with Gasteiger partial charge in [0.2, 0.25) is 0 Å². The van der Waals surface area contributed by atoms with Crippen LogP contribution in [0.1, 0.15) is 37.6 Å². The molecule has 0 aromatic heterocycles. The van der Waals surface area contributed by atoms with Crippen molar-refractivity contribution < 1.29 is 13.2 Å². The number of hydrogen-bond donors (Lipinski definition) is 1. The molecule has 0 heterocycles. The number of halogens is 2. The maximum atomic E-state index is 13.3. The molecule has 0 atom stereocenters. The number of carbonyl (C=O) groups excluding carboxylic acids is 1. The molecule has 0 saturated carbocycles. The fourth-order valence-corrected chi connectivity index (χ4v) is 4.29. The minimum absolute atomic E-state index is 0.0434. The minimum Gasteiger partial charge on any atom is -0.347 e. The highest BCUT2D eigenvalue weighted by Crippen LogP contribution is 2.28. The van der Waals surface area contributed by atoms with Crippen LogP contribution in [0.25, 0.3) is 0 Å². The van der Waals surface area contributed by atoms with Crippen LogP contribution in [0.15, 0.2) is 60.0 Å². The minimum atomic E-state index is -3.97. The molecule has 0 radical (unpaired) electrons. The van der Waals surface area contributed by atoms with Crippen LogP contribution >= 0.6 is 23.2 Å². The van der Waals surface area contributed by atoms with Gasteiger partial charge in [0.05, 0.1) is 27.7 Å². The van der Waals surface area contributed by atoms with Crippen LogP contribution in [-0.2, 0) is 10.0 Å². The summed E-state index contributed by atoms with van der Waals surface area (Å²) in [6.45, 7) is 9.40. The maximum absolute atomic E-state index is 13.3. The zero-order valence-corrected chi connectivity index (χ0v) is 18.9. The third-order valence-corrected chi connectivity index (χ3v) is 6.89. The molecule has 0 bridgehead atoms. The summed E-state index contributed by atoms with van der Waals surface area (Å²) in [4.78, 5) is 12.6. The molecule has 0 aliphatic heterocycles. The van der Waals surface area contributed by atoms with Gasteiger partial charge in [-0.15, -0.1) is 6.58 Å². The van der Waals surface area contributed by atoms with E-state index in [9.17, 15) is 13.2 Å². The van der Waals surface area contributed by atoms with E-state index in [4.69, 9.17) is 23.2 Å². The van der Waals surface area contributed by atoms with E-state index in [1.807, 2.05) is 20.8 Å². The van der Waals surface area contributed by atoms with Crippen LogP contribution in [-0.4, -0.2) is 26.4 Å². The Labute approximate surface area is 182 Å². The molecule has 5 nitrogen and oxygen atoms in total. The van der Waals surface area contributed by atoms with E-state index in [1.54, 1.807) is 24.3 Å². The zero-order chi connectivity index (χ0) is 21.8. The van der Waals surface area contributed by atoms with Crippen LogP contribution in [0.5, 0.6) is 0 Å². The Bertz CT molecular complexity index is 1000. The van der Waals surface area contributed by atoms with Crippen molar-refractivity contribution in [1.82, 2.24) is 5.32 Å². The van der Waals surface area contributed by atoms with Crippen molar-refractivity contribution in [2.75, 3.05) is 10.8 Å². The fraction of sp³-hybridized carbons (Fsp3) is 0.286. The van der Waals surface area contributed by atoms with E-state index in [0.29, 0.717) is 17.1 Å². The first kappa shape index (κ1) is 23.3. The first-order valence-electron chi connectivity index (χ1n) is 9.03. The standard InChI is InChI=1S/C21H24Cl2N2O3S/c1-5-13-25(16-9-7-15(22)8-10-16)29(27,28)17-11-12-19(23)18(14-17)20(26)24-21(3,4)6-2/h5,7-12,14H,1,6,13H2,2-4H3,(H,24,26). The van der Waals surface area contributed by atoms with Crippen molar-refractivity contribution in [3.63, 3.8) is 0 Å². The van der Waals surface area contributed by atoms with Gasteiger partial charge in [-0.05, 0) is 62.7 Å². The lowest BCUT2D eigenvalue weighted by Gasteiger charge is -2.25. The second-order valence-electron chi connectivity index (χ2n) is 7.13. The first-order valence-corrected chi connectivity index (χ1v) is 11.2. The highest BCUT2D eigenvalue weighted by molar-refractivity contribution is 7.92. The topological polar surface area (TPSA) is 66.5 Å². The average molecular weight is 455 g/mol. The largest absolute Gasteiger partial charge is 0.347 e. The Morgan fingerprint density at radius 1 is 1.17 bits per heavy atom. The number of anilines is 1. The third-order valence-electron chi connectivity index (χ3n) is 4.52. The van der Waals surface area contributed by atoms with Gasteiger partial charge in [0.15, 0.2) is 0 Å². The molecule has 2 aromatic rings. The monoisotopic (exact) mass is 454 g/mol. The Hall–Kier alpha value is -2.02. The highest BCUT2D eigenvalue weighted by Gasteiger charge is 2.27. The summed E-state index contributed by atoms with van der Waals surface area (Å²) in [5.41, 5.74) is 0.0827. The van der Waals surface area contributed by atoms with Crippen LogP contribution in [0.4, 0.5) is 5.69 Å². The Kier molecular flexibility index (Phi) is 7.38. The number of nitrogens with zero attached hydrogens (tertiary/aromatic N) is 1. The Morgan fingerprint density at radius 3 is 2.34 bits per heavy atom. The second-order valence-corrected chi connectivity index (χ2v) is 9.84. The van der Waals surface area contributed by atoms with Crippen molar-refractivity contribution >= 4 is 44.8 Å². The van der Waals surface area contributed by atoms with Gasteiger partial charge in [-0.3, -0.25) is 9.10 Å². The normalized spacial score (nSPS) is 11.8. The number of carbonyl (C=O) groups is 1. The summed E-state index contributed by atoms with van der Waals surface area (Å²) < 4.78 is 27.8. The van der Waals surface area contributed by atoms with Crippen LogP contribution in [0.3, 0.4) is 0 Å². The SMILES string of the molecule is C=CCN(c1ccc(Cl)cc1)S(=O)(=O)c1ccc(Cl)c(C(=O)NC(C)(C)CC)c1. The predicted molar refractivity (Wildman–Crippen MR) is 119 cm³/mol. The zero-order valence-electron chi connectivity index (χ0n) is 16.6. The van der Waals surface area contributed by atoms with Gasteiger partial charge in [0.25, 0.3) is 15.9 Å². The molecule has 156 valence electrons. The number of benzene rings is 2. The number of amides is 1. The van der Waals surface area contributed by atoms with Crippen LogP contribution in [0.2, 0.25) is 10.0 Å². The first-order chi connectivity index (χ1) is 13.5. The maximum Gasteiger partial charge on any atom is 0.264 e. The summed E-state index contributed by atoms with van der Waals surface area (Å²) in [6, 6.07) is 10.5. The quantitative estimate of drug-likeness (QED) is 0.550. The van der Waals surface area contributed by atoms with Gasteiger partial charge in [-0.1, -0.05) is 36.2 Å². The van der Waals surface area contributed by atoms with Crippen molar-refractivity contribution in [3.05, 3.63) is 70.7 Å². The fourth-order valence-electron chi connectivity index (χ4n) is 2.50. The summed E-state index contributed by atoms with van der Waals surface area (Å²) in [5, 5.41) is 3.54. The van der Waals surface area contributed by atoms with Crippen molar-refractivity contribution in [1.29, 1.82) is 0 Å². The van der Waals surface area contributed by atoms with Crippen LogP contribution < -0.4 is 9.62 Å². The Morgan fingerprint density at radius 2 is 1.79 bits per heavy atom. The average Bonchev–Trinajstić information content (AvgIpc) is 2.66. The lowest BCUT2D eigenvalue weighted by atomic mass is 10.0. The van der Waals surface area contributed by atoms with Gasteiger partial charge in [-0.2, -0.15) is 0 Å². The van der Waals surface area contributed by atoms with Gasteiger partial charge < -0.3 is 5.32 Å². The van der Waals surface area contributed by atoms with Crippen LogP contribution in [0, 0.1) is 0 Å². The molecular weight excluding hydrogens is 431 g/mol. The van der Waals surface area contributed by atoms with Crippen molar-refractivity contribution in [2.45, 2.75) is 37.6 Å². The van der Waals surface area contributed by atoms with E-state index in [-0.39, 0.29) is 22.0 Å². The molecule has 1 N–H and O–H groups in total. The van der Waals surface area contributed by atoms with Crippen molar-refractivity contribution in [3.8, 4) is 0 Å². The molecular formula is C21H24Cl2N2O3S. The molecule has 1 amide bonds. The molecule has 0 fully saturated rings. The van der Waals surface area contributed by atoms with E-state index in [1.165, 1.54) is 28.6 Å². The summed E-state index contributed by atoms with van der Waals surface area (Å²) in [5.74, 6) is -0.430. The number of nitrogens with one attached hydrogen (secondary N) is 1. The van der Waals surface area contributed by atoms with Crippen molar-refractivity contribution in [2.24, 2.45) is 0 Å². The van der Waals surface area contributed by atoms with E-state index in [2.05, 4.69) is 11.9 Å². The summed E-state index contributed by atoms with van der Waals surface area (Å²) in [6.07, 6.45) is 2.19. The second kappa shape index (κ2) is 9.20. The molecule has 8 heteroatoms. The van der Waals surface area contributed by atoms with Gasteiger partial charge in [-0.25, -0.2) is 8.42 Å². The van der Waals surface area contributed by atoms with Gasteiger partial charge >= 0.3 is 0 Å². The lowest BCUT2D eigenvalue weighted by molar-refractivity contribution is 0.0911. The highest BCUT2D eigenvalue weighted by atomic mass is 35.5.